The Morgan fingerprint density at radius 3 is 2.66 bits per heavy atom. The third-order valence-corrected chi connectivity index (χ3v) is 5.97. The highest BCUT2D eigenvalue weighted by Crippen LogP contribution is 2.55. The van der Waals surface area contributed by atoms with E-state index in [0.717, 1.165) is 0 Å². The maximum Gasteiger partial charge on any atom is 0.254 e. The Labute approximate surface area is 175 Å². The number of aliphatic hydroxyl groups is 1. The maximum atomic E-state index is 12.7. The van der Waals surface area contributed by atoms with Gasteiger partial charge in [0.1, 0.15) is 17.9 Å². The summed E-state index contributed by atoms with van der Waals surface area (Å²) in [6.45, 7) is 8.51. The van der Waals surface area contributed by atoms with E-state index in [1.54, 1.807) is 24.4 Å². The summed E-state index contributed by atoms with van der Waals surface area (Å²) in [6, 6.07) is 6.93. The van der Waals surface area contributed by atoms with E-state index in [-0.39, 0.29) is 35.5 Å². The molecular weight excluding hydrogens is 392 g/mol. The maximum absolute atomic E-state index is 12.7. The first-order chi connectivity index (χ1) is 13.6. The Bertz CT molecular complexity index is 945. The average molecular weight is 417 g/mol. The summed E-state index contributed by atoms with van der Waals surface area (Å²) >= 11 is 6.12. The molecule has 1 aliphatic rings. The molecule has 0 radical (unpaired) electrons. The van der Waals surface area contributed by atoms with Crippen LogP contribution < -0.4 is 10.1 Å². The van der Waals surface area contributed by atoms with Gasteiger partial charge in [-0.3, -0.25) is 9.48 Å². The highest BCUT2D eigenvalue weighted by atomic mass is 35.5. The van der Waals surface area contributed by atoms with Crippen molar-refractivity contribution in [2.45, 2.75) is 46.4 Å². The molecule has 2 N–H and O–H groups in total. The molecule has 0 bridgehead atoms. The van der Waals surface area contributed by atoms with Crippen LogP contribution in [0.15, 0.2) is 30.6 Å². The van der Waals surface area contributed by atoms with Gasteiger partial charge in [-0.15, -0.1) is 0 Å². The minimum Gasteiger partial charge on any atom is -0.489 e. The molecule has 1 aromatic heterocycles. The van der Waals surface area contributed by atoms with E-state index in [1.807, 2.05) is 33.8 Å². The lowest BCUT2D eigenvalue weighted by Gasteiger charge is -2.63. The van der Waals surface area contributed by atoms with Crippen molar-refractivity contribution in [2.24, 2.45) is 10.8 Å². The fraction of sp³-hybridized carbons (Fsp3) is 0.476. The van der Waals surface area contributed by atoms with Crippen LogP contribution in [-0.4, -0.2) is 39.5 Å². The number of hydrogen-bond donors (Lipinski definition) is 2. The Morgan fingerprint density at radius 2 is 2.07 bits per heavy atom. The molecule has 0 atom stereocenters. The zero-order valence-electron chi connectivity index (χ0n) is 16.9. The molecule has 0 aliphatic heterocycles. The van der Waals surface area contributed by atoms with Gasteiger partial charge in [0, 0.05) is 29.1 Å². The molecule has 1 heterocycles. The van der Waals surface area contributed by atoms with Crippen molar-refractivity contribution in [3.05, 3.63) is 46.7 Å². The molecule has 8 heteroatoms. The van der Waals surface area contributed by atoms with E-state index < -0.39 is 0 Å². The van der Waals surface area contributed by atoms with Crippen molar-refractivity contribution in [1.82, 2.24) is 15.1 Å². The van der Waals surface area contributed by atoms with Gasteiger partial charge in [-0.1, -0.05) is 39.3 Å². The number of carbonyl (C=O) groups is 1. The number of ether oxygens (including phenoxy) is 1. The first-order valence-electron chi connectivity index (χ1n) is 9.41. The van der Waals surface area contributed by atoms with Crippen molar-refractivity contribution < 1.29 is 14.6 Å². The first kappa shape index (κ1) is 21.2. The summed E-state index contributed by atoms with van der Waals surface area (Å²) in [6.07, 6.45) is 2.95. The summed E-state index contributed by atoms with van der Waals surface area (Å²) in [4.78, 5) is 12.7. The van der Waals surface area contributed by atoms with Crippen LogP contribution in [0.1, 0.15) is 43.6 Å². The van der Waals surface area contributed by atoms with Crippen LogP contribution in [0.3, 0.4) is 0 Å². The fourth-order valence-corrected chi connectivity index (χ4v) is 4.73. The van der Waals surface area contributed by atoms with Gasteiger partial charge in [0.25, 0.3) is 5.91 Å². The number of aromatic nitrogens is 2. The topological polar surface area (TPSA) is 100 Å². The predicted octanol–water partition coefficient (Wildman–Crippen LogP) is 3.01. The second-order valence-electron chi connectivity index (χ2n) is 8.52. The Kier molecular flexibility index (Phi) is 5.61. The van der Waals surface area contributed by atoms with Gasteiger partial charge in [-0.2, -0.15) is 10.4 Å². The summed E-state index contributed by atoms with van der Waals surface area (Å²) in [7, 11) is 0. The zero-order chi connectivity index (χ0) is 21.4. The van der Waals surface area contributed by atoms with E-state index in [1.165, 1.54) is 10.9 Å². The van der Waals surface area contributed by atoms with Gasteiger partial charge in [0.2, 0.25) is 0 Å². The lowest BCUT2D eigenvalue weighted by molar-refractivity contribution is -0.164. The smallest absolute Gasteiger partial charge is 0.254 e. The minimum absolute atomic E-state index is 0.0379. The molecule has 154 valence electrons. The number of rotatable bonds is 6. The van der Waals surface area contributed by atoms with Crippen molar-refractivity contribution in [3.8, 4) is 11.8 Å². The number of carbonyl (C=O) groups excluding carboxylic acids is 1. The van der Waals surface area contributed by atoms with Gasteiger partial charge >= 0.3 is 0 Å². The number of nitrogens with zero attached hydrogens (tertiary/aromatic N) is 3. The molecule has 2 aromatic rings. The van der Waals surface area contributed by atoms with Crippen LogP contribution in [0.4, 0.5) is 0 Å². The zero-order valence-corrected chi connectivity index (χ0v) is 17.7. The second-order valence-corrected chi connectivity index (χ2v) is 8.92. The number of halogens is 1. The third kappa shape index (κ3) is 3.83. The van der Waals surface area contributed by atoms with Crippen molar-refractivity contribution in [3.63, 3.8) is 0 Å². The summed E-state index contributed by atoms with van der Waals surface area (Å²) in [5.74, 6) is 0.385. The first-order valence-corrected chi connectivity index (χ1v) is 9.79. The molecule has 7 nitrogen and oxygen atoms in total. The summed E-state index contributed by atoms with van der Waals surface area (Å²) in [5.41, 5.74) is 0.188. The van der Waals surface area contributed by atoms with Gasteiger partial charge in [0.15, 0.2) is 0 Å². The summed E-state index contributed by atoms with van der Waals surface area (Å²) in [5, 5.41) is 25.6. The highest BCUT2D eigenvalue weighted by molar-refractivity contribution is 6.31. The van der Waals surface area contributed by atoms with Crippen molar-refractivity contribution in [1.29, 1.82) is 5.26 Å². The van der Waals surface area contributed by atoms with Gasteiger partial charge in [-0.05, 0) is 12.1 Å². The highest BCUT2D eigenvalue weighted by Gasteiger charge is 2.64. The number of nitrogens with one attached hydrogen (secondary N) is 1. The Balaban J connectivity index is 1.73. The average Bonchev–Trinajstić information content (AvgIpc) is 3.12. The standard InChI is InChI=1S/C21H25ClN4O3/c1-20(2)18(25-17(28)14-11-24-26(12-14)7-8-27)21(3,4)19(20)29-15-6-5-13(10-23)16(22)9-15/h5-6,9,11-12,18-19,27H,7-8H2,1-4H3,(H,25,28)/t18-,19-. The van der Waals surface area contributed by atoms with Crippen molar-refractivity contribution in [2.75, 3.05) is 6.61 Å². The fourth-order valence-electron chi connectivity index (χ4n) is 4.52. The van der Waals surface area contributed by atoms with E-state index in [2.05, 4.69) is 10.4 Å². The number of nitriles is 1. The Morgan fingerprint density at radius 1 is 1.38 bits per heavy atom. The number of hydrogen-bond acceptors (Lipinski definition) is 5. The van der Waals surface area contributed by atoms with Crippen LogP contribution >= 0.6 is 11.6 Å². The van der Waals surface area contributed by atoms with Crippen molar-refractivity contribution >= 4 is 17.5 Å². The third-order valence-electron chi connectivity index (χ3n) is 5.65. The molecule has 1 aromatic carbocycles. The van der Waals surface area contributed by atoms with Crippen LogP contribution in [0, 0.1) is 22.2 Å². The van der Waals surface area contributed by atoms with Crippen LogP contribution in [0.5, 0.6) is 5.75 Å². The monoisotopic (exact) mass is 416 g/mol. The van der Waals surface area contributed by atoms with E-state index in [4.69, 9.17) is 26.7 Å². The lowest BCUT2D eigenvalue weighted by atomic mass is 9.49. The van der Waals surface area contributed by atoms with Gasteiger partial charge in [0.05, 0.1) is 35.5 Å². The molecule has 3 rings (SSSR count). The molecule has 0 unspecified atom stereocenters. The Hall–Kier alpha value is -2.56. The van der Waals surface area contributed by atoms with Crippen LogP contribution in [0.2, 0.25) is 5.02 Å². The van der Waals surface area contributed by atoms with Crippen LogP contribution in [-0.2, 0) is 6.54 Å². The SMILES string of the molecule is CC1(C)[C@H](NC(=O)c2cnn(CCO)c2)C(C)(C)[C@H]1Oc1ccc(C#N)c(Cl)c1. The van der Waals surface area contributed by atoms with Gasteiger partial charge in [-0.25, -0.2) is 0 Å². The molecule has 1 aliphatic carbocycles. The normalized spacial score (nSPS) is 21.7. The number of amides is 1. The second kappa shape index (κ2) is 7.69. The minimum atomic E-state index is -0.333. The molecule has 0 spiro atoms. The predicted molar refractivity (Wildman–Crippen MR) is 109 cm³/mol. The number of aliphatic hydroxyl groups excluding tert-OH is 1. The molecular formula is C21H25ClN4O3. The molecule has 29 heavy (non-hydrogen) atoms. The van der Waals surface area contributed by atoms with Crippen LogP contribution in [0.25, 0.3) is 0 Å². The molecule has 1 fully saturated rings. The van der Waals surface area contributed by atoms with E-state index in [9.17, 15) is 4.79 Å². The van der Waals surface area contributed by atoms with E-state index in [0.29, 0.717) is 28.4 Å². The summed E-state index contributed by atoms with van der Waals surface area (Å²) < 4.78 is 7.76. The number of benzene rings is 1. The lowest BCUT2D eigenvalue weighted by Crippen LogP contribution is -2.74. The van der Waals surface area contributed by atoms with Gasteiger partial charge < -0.3 is 15.2 Å². The quantitative estimate of drug-likeness (QED) is 0.753. The molecule has 1 saturated carbocycles. The van der Waals surface area contributed by atoms with E-state index >= 15 is 0 Å². The molecule has 0 saturated heterocycles. The largest absolute Gasteiger partial charge is 0.489 e. The molecule has 1 amide bonds.